The lowest BCUT2D eigenvalue weighted by atomic mass is 10.1. The molecular formula is C19H31FO4SSi. The summed E-state index contributed by atoms with van der Waals surface area (Å²) in [6.45, 7) is 11.8. The number of sulfone groups is 1. The molecule has 0 heterocycles. The molecule has 7 heteroatoms. The summed E-state index contributed by atoms with van der Waals surface area (Å²) in [6.07, 6.45) is 2.61. The van der Waals surface area contributed by atoms with E-state index in [0.717, 1.165) is 23.8 Å². The van der Waals surface area contributed by atoms with E-state index in [1.54, 1.807) is 0 Å². The molecule has 0 saturated heterocycles. The highest BCUT2D eigenvalue weighted by Crippen LogP contribution is 2.38. The maximum absolute atomic E-state index is 14.4. The van der Waals surface area contributed by atoms with Gasteiger partial charge in [-0.1, -0.05) is 20.8 Å². The zero-order valence-corrected chi connectivity index (χ0v) is 18.5. The maximum Gasteiger partial charge on any atom is 0.191 e. The Bertz CT molecular complexity index is 754. The van der Waals surface area contributed by atoms with Crippen LogP contribution < -0.4 is 4.74 Å². The van der Waals surface area contributed by atoms with Crippen molar-refractivity contribution in [3.63, 3.8) is 0 Å². The molecule has 0 spiro atoms. The summed E-state index contributed by atoms with van der Waals surface area (Å²) in [5, 5.41) is 0.157. The molecule has 0 bridgehead atoms. The minimum Gasteiger partial charge on any atom is -0.492 e. The van der Waals surface area contributed by atoms with E-state index >= 15 is 0 Å². The molecule has 0 aliphatic heterocycles. The van der Waals surface area contributed by atoms with Gasteiger partial charge in [-0.05, 0) is 54.1 Å². The van der Waals surface area contributed by atoms with Gasteiger partial charge in [-0.15, -0.1) is 0 Å². The number of halogens is 1. The molecule has 0 aromatic heterocycles. The van der Waals surface area contributed by atoms with Crippen molar-refractivity contribution in [1.29, 1.82) is 0 Å². The molecule has 1 aromatic carbocycles. The Kier molecular flexibility index (Phi) is 6.25. The van der Waals surface area contributed by atoms with Crippen molar-refractivity contribution >= 4 is 18.2 Å². The van der Waals surface area contributed by atoms with E-state index in [1.807, 2.05) is 6.07 Å². The number of fused-ring (bicyclic) bond motifs is 1. The van der Waals surface area contributed by atoms with Crippen LogP contribution in [0.5, 0.6) is 5.75 Å². The molecule has 1 unspecified atom stereocenters. The molecule has 0 fully saturated rings. The fraction of sp³-hybridized carbons (Fsp3) is 0.684. The van der Waals surface area contributed by atoms with E-state index < -0.39 is 18.2 Å². The van der Waals surface area contributed by atoms with Gasteiger partial charge in [0, 0.05) is 18.9 Å². The van der Waals surface area contributed by atoms with E-state index in [4.69, 9.17) is 9.16 Å². The largest absolute Gasteiger partial charge is 0.492 e. The summed E-state index contributed by atoms with van der Waals surface area (Å²) < 4.78 is 48.5. The third kappa shape index (κ3) is 5.54. The monoisotopic (exact) mass is 402 g/mol. The highest BCUT2D eigenvalue weighted by Gasteiger charge is 2.38. The van der Waals surface area contributed by atoms with Crippen molar-refractivity contribution in [3.8, 4) is 5.75 Å². The fourth-order valence-corrected chi connectivity index (χ4v) is 4.27. The van der Waals surface area contributed by atoms with Gasteiger partial charge < -0.3 is 9.16 Å². The lowest BCUT2D eigenvalue weighted by Crippen LogP contribution is -2.42. The van der Waals surface area contributed by atoms with Crippen LogP contribution in [0.4, 0.5) is 4.39 Å². The van der Waals surface area contributed by atoms with Crippen LogP contribution in [0.2, 0.25) is 18.1 Å². The first kappa shape index (κ1) is 21.4. The average molecular weight is 403 g/mol. The van der Waals surface area contributed by atoms with Gasteiger partial charge in [-0.3, -0.25) is 0 Å². The number of hydrogen-bond acceptors (Lipinski definition) is 4. The second kappa shape index (κ2) is 7.60. The summed E-state index contributed by atoms with van der Waals surface area (Å²) in [4.78, 5) is 0. The van der Waals surface area contributed by atoms with Crippen molar-refractivity contribution in [3.05, 3.63) is 29.1 Å². The van der Waals surface area contributed by atoms with Crippen molar-refractivity contribution in [2.24, 2.45) is 5.92 Å². The zero-order valence-electron chi connectivity index (χ0n) is 16.7. The molecule has 0 saturated carbocycles. The molecule has 0 radical (unpaired) electrons. The zero-order chi connectivity index (χ0) is 19.8. The van der Waals surface area contributed by atoms with Gasteiger partial charge in [0.2, 0.25) is 0 Å². The summed E-state index contributed by atoms with van der Waals surface area (Å²) in [6, 6.07) is 3.20. The van der Waals surface area contributed by atoms with Crippen LogP contribution in [0.25, 0.3) is 0 Å². The average Bonchev–Trinajstić information content (AvgIpc) is 2.86. The second-order valence-electron chi connectivity index (χ2n) is 8.87. The normalized spacial score (nSPS) is 18.0. The summed E-state index contributed by atoms with van der Waals surface area (Å²) in [5.41, 5.74) is 1.69. The highest BCUT2D eigenvalue weighted by molar-refractivity contribution is 7.90. The number of hydrogen-bond donors (Lipinski definition) is 0. The van der Waals surface area contributed by atoms with E-state index in [0.29, 0.717) is 18.8 Å². The molecular weight excluding hydrogens is 371 g/mol. The minimum atomic E-state index is -3.09. The predicted molar refractivity (Wildman–Crippen MR) is 106 cm³/mol. The molecule has 1 aromatic rings. The van der Waals surface area contributed by atoms with Gasteiger partial charge in [-0.2, -0.15) is 0 Å². The summed E-state index contributed by atoms with van der Waals surface area (Å²) in [7, 11) is -4.90. The molecule has 1 aliphatic carbocycles. The standard InChI is InChI=1S/C19H31FO4SSi/c1-19(2,3)26(5,6)24-13-14-9-15-11-16(12-18(20)17(15)10-14)23-7-8-25(4,21)22/h11-12,14H,7-10,13H2,1-6H3. The molecule has 4 nitrogen and oxygen atoms in total. The Morgan fingerprint density at radius 1 is 1.23 bits per heavy atom. The quantitative estimate of drug-likeness (QED) is 0.647. The van der Waals surface area contributed by atoms with Crippen LogP contribution in [0.3, 0.4) is 0 Å². The maximum atomic E-state index is 14.4. The molecule has 2 rings (SSSR count). The van der Waals surface area contributed by atoms with Crippen molar-refractivity contribution in [2.75, 3.05) is 25.2 Å². The van der Waals surface area contributed by atoms with E-state index in [9.17, 15) is 12.8 Å². The first-order chi connectivity index (χ1) is 11.8. The van der Waals surface area contributed by atoms with Gasteiger partial charge in [0.25, 0.3) is 0 Å². The van der Waals surface area contributed by atoms with Gasteiger partial charge in [0.1, 0.15) is 18.2 Å². The molecule has 1 aliphatic rings. The van der Waals surface area contributed by atoms with Gasteiger partial charge >= 0.3 is 0 Å². The van der Waals surface area contributed by atoms with Crippen LogP contribution >= 0.6 is 0 Å². The molecule has 1 atom stereocenters. The topological polar surface area (TPSA) is 52.6 Å². The smallest absolute Gasteiger partial charge is 0.191 e. The first-order valence-electron chi connectivity index (χ1n) is 9.04. The second-order valence-corrected chi connectivity index (χ2v) is 15.9. The van der Waals surface area contributed by atoms with Crippen LogP contribution in [0.1, 0.15) is 31.9 Å². The van der Waals surface area contributed by atoms with E-state index in [2.05, 4.69) is 33.9 Å². The third-order valence-electron chi connectivity index (χ3n) is 5.47. The molecule has 0 amide bonds. The Morgan fingerprint density at radius 3 is 2.46 bits per heavy atom. The minimum absolute atomic E-state index is 0.0367. The Hall–Kier alpha value is -0.923. The van der Waals surface area contributed by atoms with E-state index in [-0.39, 0.29) is 29.1 Å². The SMILES string of the molecule is CC(C)(C)[Si](C)(C)OCC1Cc2cc(OCCS(C)(=O)=O)cc(F)c2C1. The molecule has 26 heavy (non-hydrogen) atoms. The van der Waals surface area contributed by atoms with Crippen molar-refractivity contribution in [1.82, 2.24) is 0 Å². The fourth-order valence-electron chi connectivity index (χ4n) is 2.80. The first-order valence-corrected chi connectivity index (χ1v) is 14.0. The van der Waals surface area contributed by atoms with Crippen LogP contribution in [-0.2, 0) is 27.1 Å². The predicted octanol–water partition coefficient (Wildman–Crippen LogP) is 3.99. The van der Waals surface area contributed by atoms with Crippen LogP contribution in [-0.4, -0.2) is 42.0 Å². The summed E-state index contributed by atoms with van der Waals surface area (Å²) >= 11 is 0. The van der Waals surface area contributed by atoms with Gasteiger partial charge in [-0.25, -0.2) is 12.8 Å². The van der Waals surface area contributed by atoms with Gasteiger partial charge in [0.15, 0.2) is 18.2 Å². The lowest BCUT2D eigenvalue weighted by molar-refractivity contribution is 0.232. The number of benzene rings is 1. The van der Waals surface area contributed by atoms with Gasteiger partial charge in [0.05, 0.1) is 5.75 Å². The van der Waals surface area contributed by atoms with Crippen LogP contribution in [0.15, 0.2) is 12.1 Å². The van der Waals surface area contributed by atoms with Crippen LogP contribution in [0, 0.1) is 11.7 Å². The lowest BCUT2D eigenvalue weighted by Gasteiger charge is -2.37. The Balaban J connectivity index is 1.99. The Morgan fingerprint density at radius 2 is 1.88 bits per heavy atom. The highest BCUT2D eigenvalue weighted by atomic mass is 32.2. The summed E-state index contributed by atoms with van der Waals surface area (Å²) in [5.74, 6) is 0.330. The number of rotatable bonds is 7. The van der Waals surface area contributed by atoms with Crippen molar-refractivity contribution < 1.29 is 22.0 Å². The van der Waals surface area contributed by atoms with E-state index in [1.165, 1.54) is 6.07 Å². The molecule has 0 N–H and O–H groups in total. The Labute approximate surface area is 158 Å². The third-order valence-corrected chi connectivity index (χ3v) is 10.9. The molecule has 148 valence electrons. The van der Waals surface area contributed by atoms with Crippen molar-refractivity contribution in [2.45, 2.75) is 51.7 Å². The number of ether oxygens (including phenoxy) is 1.